The number of pyridine rings is 1. The van der Waals surface area contributed by atoms with Gasteiger partial charge in [-0.2, -0.15) is 0 Å². The summed E-state index contributed by atoms with van der Waals surface area (Å²) in [5.74, 6) is -2.74. The molecule has 0 saturated heterocycles. The quantitative estimate of drug-likeness (QED) is 0.320. The van der Waals surface area contributed by atoms with Gasteiger partial charge in [0.25, 0.3) is 5.91 Å². The number of carbonyl (C=O) groups excluding carboxylic acids is 1. The molecule has 2 aromatic heterocycles. The van der Waals surface area contributed by atoms with Gasteiger partial charge in [0, 0.05) is 29.0 Å². The molecule has 8 nitrogen and oxygen atoms in total. The Bertz CT molecular complexity index is 1300. The molecule has 0 radical (unpaired) electrons. The number of aliphatic carboxylic acids is 1. The Kier molecular flexibility index (Phi) is 7.47. The first-order valence-electron chi connectivity index (χ1n) is 10.7. The van der Waals surface area contributed by atoms with Crippen LogP contribution in [0.5, 0.6) is 0 Å². The van der Waals surface area contributed by atoms with E-state index < -0.39 is 23.8 Å². The molecule has 0 aliphatic rings. The van der Waals surface area contributed by atoms with Crippen LogP contribution in [0.4, 0.5) is 4.39 Å². The van der Waals surface area contributed by atoms with Crippen LogP contribution in [0.2, 0.25) is 5.02 Å². The molecule has 0 saturated carbocycles. The summed E-state index contributed by atoms with van der Waals surface area (Å²) in [7, 11) is 0. The van der Waals surface area contributed by atoms with E-state index in [-0.39, 0.29) is 17.9 Å². The number of aromatic nitrogens is 4. The van der Waals surface area contributed by atoms with Crippen molar-refractivity contribution < 1.29 is 19.1 Å². The van der Waals surface area contributed by atoms with Gasteiger partial charge >= 0.3 is 5.97 Å². The van der Waals surface area contributed by atoms with Gasteiger partial charge in [-0.3, -0.25) is 19.7 Å². The lowest BCUT2D eigenvalue weighted by Gasteiger charge is -2.22. The average molecular weight is 494 g/mol. The zero-order chi connectivity index (χ0) is 24.8. The highest BCUT2D eigenvalue weighted by Crippen LogP contribution is 2.27. The minimum absolute atomic E-state index is 0.124. The topological polar surface area (TPSA) is 121 Å². The molecule has 0 aliphatic carbocycles. The summed E-state index contributed by atoms with van der Waals surface area (Å²) in [6.45, 7) is 0. The molecule has 0 bridgehead atoms. The van der Waals surface area contributed by atoms with Crippen LogP contribution < -0.4 is 5.32 Å². The number of hydrogen-bond acceptors (Lipinski definition) is 5. The molecule has 2 atom stereocenters. The van der Waals surface area contributed by atoms with Gasteiger partial charge in [0.15, 0.2) is 0 Å². The summed E-state index contributed by atoms with van der Waals surface area (Å²) < 4.78 is 14.2. The summed E-state index contributed by atoms with van der Waals surface area (Å²) in [6, 6.07) is 14.3. The third kappa shape index (κ3) is 6.07. The molecule has 3 N–H and O–H groups in total. The Morgan fingerprint density at radius 2 is 1.91 bits per heavy atom. The lowest BCUT2D eigenvalue weighted by atomic mass is 9.90. The van der Waals surface area contributed by atoms with Crippen LogP contribution in [-0.4, -0.2) is 43.4 Å². The number of hydrogen-bond donors (Lipinski definition) is 3. The molecule has 10 heteroatoms. The molecule has 0 fully saturated rings. The van der Waals surface area contributed by atoms with E-state index in [0.717, 1.165) is 5.56 Å². The molecule has 0 spiro atoms. The summed E-state index contributed by atoms with van der Waals surface area (Å²) in [4.78, 5) is 28.7. The van der Waals surface area contributed by atoms with Gasteiger partial charge in [-0.1, -0.05) is 47.1 Å². The number of benzene rings is 2. The lowest BCUT2D eigenvalue weighted by molar-refractivity contribution is -0.139. The maximum atomic E-state index is 14.2. The highest BCUT2D eigenvalue weighted by molar-refractivity contribution is 6.30. The number of carboxylic acids is 1. The maximum Gasteiger partial charge on any atom is 0.311 e. The minimum atomic E-state index is -1.02. The van der Waals surface area contributed by atoms with Gasteiger partial charge in [-0.15, -0.1) is 5.10 Å². The highest BCUT2D eigenvalue weighted by Gasteiger charge is 2.26. The van der Waals surface area contributed by atoms with E-state index in [1.54, 1.807) is 36.5 Å². The van der Waals surface area contributed by atoms with E-state index in [9.17, 15) is 19.1 Å². The van der Waals surface area contributed by atoms with E-state index in [1.807, 2.05) is 12.1 Å². The van der Waals surface area contributed by atoms with Gasteiger partial charge in [0.05, 0.1) is 12.1 Å². The molecule has 0 aliphatic heterocycles. The number of halogens is 2. The minimum Gasteiger partial charge on any atom is -0.481 e. The predicted molar refractivity (Wildman–Crippen MR) is 127 cm³/mol. The van der Waals surface area contributed by atoms with Gasteiger partial charge in [0.2, 0.25) is 0 Å². The Balaban J connectivity index is 1.57. The van der Waals surface area contributed by atoms with Crippen LogP contribution in [0, 0.1) is 5.82 Å². The second-order valence-electron chi connectivity index (χ2n) is 7.98. The van der Waals surface area contributed by atoms with Gasteiger partial charge in [-0.05, 0) is 53.8 Å². The lowest BCUT2D eigenvalue weighted by Crippen LogP contribution is -2.38. The van der Waals surface area contributed by atoms with Crippen molar-refractivity contribution >= 4 is 23.5 Å². The van der Waals surface area contributed by atoms with E-state index in [0.29, 0.717) is 28.1 Å². The van der Waals surface area contributed by atoms with Crippen LogP contribution in [0.1, 0.15) is 34.0 Å². The van der Waals surface area contributed by atoms with Crippen LogP contribution in [-0.2, 0) is 11.2 Å². The van der Waals surface area contributed by atoms with E-state index in [2.05, 4.69) is 25.7 Å². The van der Waals surface area contributed by atoms with Crippen molar-refractivity contribution in [3.8, 4) is 11.1 Å². The summed E-state index contributed by atoms with van der Waals surface area (Å²) >= 11 is 6.01. The first-order valence-corrected chi connectivity index (χ1v) is 11.1. The fraction of sp³-hybridized carbons (Fsp3) is 0.160. The second-order valence-corrected chi connectivity index (χ2v) is 8.41. The predicted octanol–water partition coefficient (Wildman–Crippen LogP) is 4.26. The first-order chi connectivity index (χ1) is 16.9. The largest absolute Gasteiger partial charge is 0.481 e. The fourth-order valence-electron chi connectivity index (χ4n) is 3.83. The van der Waals surface area contributed by atoms with Crippen molar-refractivity contribution in [2.24, 2.45) is 0 Å². The zero-order valence-electron chi connectivity index (χ0n) is 18.4. The van der Waals surface area contributed by atoms with E-state index in [1.165, 1.54) is 24.5 Å². The molecule has 35 heavy (non-hydrogen) atoms. The normalized spacial score (nSPS) is 12.6. The molecule has 2 heterocycles. The standard InChI is InChI=1S/C25H21ClFN5O3/c26-18-7-8-22(27)20(11-18)16-5-3-15(4-6-16)10-19(30-24(33)23-14-29-32-31-23)12-21(25(34)35)17-2-1-9-28-13-17/h1-9,11,13-14,19,21H,10,12H2,(H,30,33)(H,34,35)(H,29,31,32)/t19-,21?/m1/s1. The van der Waals surface area contributed by atoms with Gasteiger partial charge in [0.1, 0.15) is 11.5 Å². The molecular formula is C25H21ClFN5O3. The Morgan fingerprint density at radius 3 is 2.57 bits per heavy atom. The molecular weight excluding hydrogens is 473 g/mol. The number of carbonyl (C=O) groups is 2. The van der Waals surface area contributed by atoms with Gasteiger partial charge < -0.3 is 10.4 Å². The molecule has 1 amide bonds. The summed E-state index contributed by atoms with van der Waals surface area (Å²) in [6.07, 6.45) is 4.83. The van der Waals surface area contributed by atoms with Crippen molar-refractivity contribution in [1.82, 2.24) is 25.7 Å². The van der Waals surface area contributed by atoms with Crippen molar-refractivity contribution in [3.63, 3.8) is 0 Å². The van der Waals surface area contributed by atoms with Gasteiger partial charge in [-0.25, -0.2) is 4.39 Å². The molecule has 1 unspecified atom stereocenters. The zero-order valence-corrected chi connectivity index (χ0v) is 19.1. The number of carboxylic acid groups (broad SMARTS) is 1. The number of nitrogens with one attached hydrogen (secondary N) is 2. The average Bonchev–Trinajstić information content (AvgIpc) is 3.40. The van der Waals surface area contributed by atoms with Crippen molar-refractivity contribution in [2.45, 2.75) is 24.8 Å². The molecule has 178 valence electrons. The Hall–Kier alpha value is -4.11. The number of nitrogens with zero attached hydrogens (tertiary/aromatic N) is 3. The van der Waals surface area contributed by atoms with Crippen LogP contribution >= 0.6 is 11.6 Å². The highest BCUT2D eigenvalue weighted by atomic mass is 35.5. The Labute approximate surface area is 205 Å². The molecule has 4 aromatic rings. The second kappa shape index (κ2) is 10.9. The van der Waals surface area contributed by atoms with E-state index in [4.69, 9.17) is 11.6 Å². The smallest absolute Gasteiger partial charge is 0.311 e. The van der Waals surface area contributed by atoms with E-state index >= 15 is 0 Å². The Morgan fingerprint density at radius 1 is 1.11 bits per heavy atom. The first kappa shape index (κ1) is 24.0. The SMILES string of the molecule is O=C(N[C@H](Cc1ccc(-c2cc(Cl)ccc2F)cc1)CC(C(=O)O)c1cccnc1)c1cnn[nH]1. The number of amides is 1. The third-order valence-electron chi connectivity index (χ3n) is 5.58. The van der Waals surface area contributed by atoms with Crippen molar-refractivity contribution in [2.75, 3.05) is 0 Å². The maximum absolute atomic E-state index is 14.2. The van der Waals surface area contributed by atoms with Crippen LogP contribution in [0.25, 0.3) is 11.1 Å². The van der Waals surface area contributed by atoms with Crippen molar-refractivity contribution in [1.29, 1.82) is 0 Å². The van der Waals surface area contributed by atoms with Crippen molar-refractivity contribution in [3.05, 3.63) is 101 Å². The molecule has 2 aromatic carbocycles. The number of rotatable bonds is 9. The summed E-state index contributed by atoms with van der Waals surface area (Å²) in [5.41, 5.74) is 2.56. The summed E-state index contributed by atoms with van der Waals surface area (Å²) in [5, 5.41) is 22.8. The number of H-pyrrole nitrogens is 1. The third-order valence-corrected chi connectivity index (χ3v) is 5.81. The van der Waals surface area contributed by atoms with Crippen LogP contribution in [0.15, 0.2) is 73.2 Å². The van der Waals surface area contributed by atoms with Crippen LogP contribution in [0.3, 0.4) is 0 Å². The monoisotopic (exact) mass is 493 g/mol. The number of aromatic amines is 1. The molecule has 4 rings (SSSR count). The fourth-order valence-corrected chi connectivity index (χ4v) is 4.01.